The lowest BCUT2D eigenvalue weighted by Crippen LogP contribution is -2.32. The zero-order valence-corrected chi connectivity index (χ0v) is 11.4. The highest BCUT2D eigenvalue weighted by atomic mass is 32.2. The van der Waals surface area contributed by atoms with Gasteiger partial charge in [-0.3, -0.25) is 0 Å². The summed E-state index contributed by atoms with van der Waals surface area (Å²) in [5, 5.41) is 21.3. The lowest BCUT2D eigenvalue weighted by molar-refractivity contribution is 0.200. The van der Waals surface area contributed by atoms with Crippen LogP contribution >= 0.6 is 11.8 Å². The van der Waals surface area contributed by atoms with Crippen LogP contribution in [0, 0.1) is 0 Å². The van der Waals surface area contributed by atoms with Crippen LogP contribution in [-0.2, 0) is 13.0 Å². The zero-order valence-electron chi connectivity index (χ0n) is 10.6. The van der Waals surface area contributed by atoms with Gasteiger partial charge in [0.05, 0.1) is 6.61 Å². The SMILES string of the molecule is OCCC(CO)NCc1ccc2c(c1)CCCS2. The lowest BCUT2D eigenvalue weighted by atomic mass is 10.1. The molecule has 1 aliphatic rings. The molecule has 4 heteroatoms. The van der Waals surface area contributed by atoms with Gasteiger partial charge in [0.25, 0.3) is 0 Å². The van der Waals surface area contributed by atoms with Gasteiger partial charge in [0.1, 0.15) is 0 Å². The maximum atomic E-state index is 9.15. The molecule has 1 unspecified atom stereocenters. The summed E-state index contributed by atoms with van der Waals surface area (Å²) in [5.41, 5.74) is 2.71. The number of aliphatic hydroxyl groups is 2. The van der Waals surface area contributed by atoms with Crippen LogP contribution in [0.5, 0.6) is 0 Å². The van der Waals surface area contributed by atoms with Gasteiger partial charge in [-0.2, -0.15) is 0 Å². The molecule has 1 aromatic rings. The largest absolute Gasteiger partial charge is 0.396 e. The van der Waals surface area contributed by atoms with E-state index in [2.05, 4.69) is 23.5 Å². The van der Waals surface area contributed by atoms with Gasteiger partial charge in [0, 0.05) is 24.1 Å². The van der Waals surface area contributed by atoms with Crippen LogP contribution in [0.15, 0.2) is 23.1 Å². The minimum atomic E-state index is -0.0135. The molecule has 0 saturated carbocycles. The Morgan fingerprint density at radius 3 is 3.00 bits per heavy atom. The van der Waals surface area contributed by atoms with Crippen molar-refractivity contribution in [3.63, 3.8) is 0 Å². The highest BCUT2D eigenvalue weighted by Crippen LogP contribution is 2.30. The first kappa shape index (κ1) is 13.9. The minimum absolute atomic E-state index is 0.0135. The molecule has 0 saturated heterocycles. The first-order valence-electron chi connectivity index (χ1n) is 6.53. The highest BCUT2D eigenvalue weighted by molar-refractivity contribution is 7.99. The van der Waals surface area contributed by atoms with Gasteiger partial charge < -0.3 is 15.5 Å². The number of rotatable bonds is 6. The van der Waals surface area contributed by atoms with Crippen LogP contribution in [0.4, 0.5) is 0 Å². The van der Waals surface area contributed by atoms with E-state index in [9.17, 15) is 0 Å². The van der Waals surface area contributed by atoms with E-state index in [0.717, 1.165) is 6.54 Å². The Labute approximate surface area is 113 Å². The van der Waals surface area contributed by atoms with Crippen molar-refractivity contribution in [2.45, 2.75) is 36.7 Å². The van der Waals surface area contributed by atoms with Crippen molar-refractivity contribution in [1.29, 1.82) is 0 Å². The summed E-state index contributed by atoms with van der Waals surface area (Å²) >= 11 is 1.94. The molecule has 0 aromatic heterocycles. The van der Waals surface area contributed by atoms with E-state index in [1.165, 1.54) is 34.6 Å². The van der Waals surface area contributed by atoms with Gasteiger partial charge in [-0.1, -0.05) is 12.1 Å². The molecule has 100 valence electrons. The van der Waals surface area contributed by atoms with Crippen molar-refractivity contribution in [3.8, 4) is 0 Å². The molecule has 0 radical (unpaired) electrons. The van der Waals surface area contributed by atoms with Gasteiger partial charge in [0.15, 0.2) is 0 Å². The second-order valence-corrected chi connectivity index (χ2v) is 5.80. The van der Waals surface area contributed by atoms with Crippen LogP contribution in [0.1, 0.15) is 24.0 Å². The van der Waals surface area contributed by atoms with E-state index in [1.54, 1.807) is 0 Å². The molecule has 18 heavy (non-hydrogen) atoms. The first-order chi connectivity index (χ1) is 8.83. The van der Waals surface area contributed by atoms with Crippen LogP contribution in [0.2, 0.25) is 0 Å². The predicted octanol–water partition coefficient (Wildman–Crippen LogP) is 1.56. The smallest absolute Gasteiger partial charge is 0.0585 e. The van der Waals surface area contributed by atoms with E-state index in [1.807, 2.05) is 11.8 Å². The molecular weight excluding hydrogens is 246 g/mol. The average molecular weight is 267 g/mol. The van der Waals surface area contributed by atoms with Crippen molar-refractivity contribution >= 4 is 11.8 Å². The standard InChI is InChI=1S/C14H21NO2S/c16-6-5-13(10-17)15-9-11-3-4-14-12(8-11)2-1-7-18-14/h3-4,8,13,15-17H,1-2,5-7,9-10H2. The van der Waals surface area contributed by atoms with Crippen molar-refractivity contribution in [2.75, 3.05) is 19.0 Å². The summed E-state index contributed by atoms with van der Waals surface area (Å²) in [5.74, 6) is 1.23. The van der Waals surface area contributed by atoms with Crippen molar-refractivity contribution in [1.82, 2.24) is 5.32 Å². The molecule has 0 fully saturated rings. The normalized spacial score (nSPS) is 16.3. The van der Waals surface area contributed by atoms with E-state index in [4.69, 9.17) is 10.2 Å². The first-order valence-corrected chi connectivity index (χ1v) is 7.51. The molecule has 1 atom stereocenters. The molecule has 3 N–H and O–H groups in total. The Kier molecular flexibility index (Phi) is 5.50. The number of nitrogens with one attached hydrogen (secondary N) is 1. The van der Waals surface area contributed by atoms with Gasteiger partial charge in [-0.15, -0.1) is 11.8 Å². The van der Waals surface area contributed by atoms with Crippen molar-refractivity contribution in [3.05, 3.63) is 29.3 Å². The predicted molar refractivity (Wildman–Crippen MR) is 74.9 cm³/mol. The Hall–Kier alpha value is -0.550. The third kappa shape index (κ3) is 3.72. The molecule has 0 spiro atoms. The molecule has 1 heterocycles. The van der Waals surface area contributed by atoms with E-state index in [0.29, 0.717) is 6.42 Å². The zero-order chi connectivity index (χ0) is 12.8. The Morgan fingerprint density at radius 2 is 2.22 bits per heavy atom. The number of thioether (sulfide) groups is 1. The quantitative estimate of drug-likeness (QED) is 0.732. The topological polar surface area (TPSA) is 52.5 Å². The monoisotopic (exact) mass is 267 g/mol. The summed E-state index contributed by atoms with van der Waals surface area (Å²) < 4.78 is 0. The summed E-state index contributed by atoms with van der Waals surface area (Å²) in [6.45, 7) is 0.934. The molecular formula is C14H21NO2S. The van der Waals surface area contributed by atoms with Crippen molar-refractivity contribution in [2.24, 2.45) is 0 Å². The van der Waals surface area contributed by atoms with Gasteiger partial charge in [0.2, 0.25) is 0 Å². The number of hydrogen-bond donors (Lipinski definition) is 3. The van der Waals surface area contributed by atoms with Crippen LogP contribution < -0.4 is 5.32 Å². The number of hydrogen-bond acceptors (Lipinski definition) is 4. The average Bonchev–Trinajstić information content (AvgIpc) is 2.43. The van der Waals surface area contributed by atoms with Gasteiger partial charge >= 0.3 is 0 Å². The van der Waals surface area contributed by atoms with Gasteiger partial charge in [-0.05, 0) is 42.2 Å². The number of fused-ring (bicyclic) bond motifs is 1. The number of aryl methyl sites for hydroxylation is 1. The second kappa shape index (κ2) is 7.14. The molecule has 3 nitrogen and oxygen atoms in total. The molecule has 1 aliphatic heterocycles. The Morgan fingerprint density at radius 1 is 1.33 bits per heavy atom. The lowest BCUT2D eigenvalue weighted by Gasteiger charge is -2.18. The number of aliphatic hydroxyl groups excluding tert-OH is 2. The third-order valence-corrected chi connectivity index (χ3v) is 4.47. The van der Waals surface area contributed by atoms with Crippen LogP contribution in [-0.4, -0.2) is 35.2 Å². The summed E-state index contributed by atoms with van der Waals surface area (Å²) in [6.07, 6.45) is 3.03. The summed E-state index contributed by atoms with van der Waals surface area (Å²) in [4.78, 5) is 1.42. The maximum absolute atomic E-state index is 9.15. The third-order valence-electron chi connectivity index (χ3n) is 3.27. The number of benzene rings is 1. The highest BCUT2D eigenvalue weighted by Gasteiger charge is 2.11. The summed E-state index contributed by atoms with van der Waals surface area (Å²) in [6, 6.07) is 6.61. The fourth-order valence-electron chi connectivity index (χ4n) is 2.20. The molecule has 0 amide bonds. The fourth-order valence-corrected chi connectivity index (χ4v) is 3.22. The minimum Gasteiger partial charge on any atom is -0.396 e. The van der Waals surface area contributed by atoms with Gasteiger partial charge in [-0.25, -0.2) is 0 Å². The fraction of sp³-hybridized carbons (Fsp3) is 0.571. The molecule has 1 aromatic carbocycles. The molecule has 2 rings (SSSR count). The Bertz CT molecular complexity index is 384. The van der Waals surface area contributed by atoms with E-state index < -0.39 is 0 Å². The van der Waals surface area contributed by atoms with E-state index >= 15 is 0 Å². The molecule has 0 bridgehead atoms. The van der Waals surface area contributed by atoms with Crippen molar-refractivity contribution < 1.29 is 10.2 Å². The maximum Gasteiger partial charge on any atom is 0.0585 e. The Balaban J connectivity index is 1.93. The second-order valence-electron chi connectivity index (χ2n) is 4.67. The van der Waals surface area contributed by atoms with Crippen LogP contribution in [0.3, 0.4) is 0 Å². The summed E-state index contributed by atoms with van der Waals surface area (Å²) in [7, 11) is 0. The van der Waals surface area contributed by atoms with Crippen LogP contribution in [0.25, 0.3) is 0 Å². The van der Waals surface area contributed by atoms with E-state index in [-0.39, 0.29) is 19.3 Å². The molecule has 0 aliphatic carbocycles.